The number of hydrogen-bond acceptors (Lipinski definition) is 3. The zero-order valence-electron chi connectivity index (χ0n) is 6.76. The molecule has 0 aliphatic rings. The van der Waals surface area contributed by atoms with Gasteiger partial charge in [-0.1, -0.05) is 0 Å². The van der Waals surface area contributed by atoms with Crippen molar-refractivity contribution in [1.29, 1.82) is 0 Å². The van der Waals surface area contributed by atoms with Crippen molar-refractivity contribution in [3.05, 3.63) is 22.5 Å². The maximum atomic E-state index is 11.2. The number of carbonyl (C=O) groups excluding carboxylic acids is 1. The Morgan fingerprint density at radius 1 is 1.69 bits per heavy atom. The highest BCUT2D eigenvalue weighted by atomic mass is 79.9. The molecule has 2 aromatic heterocycles. The Morgan fingerprint density at radius 3 is 3.08 bits per heavy atom. The lowest BCUT2D eigenvalue weighted by molar-refractivity contribution is 0.0594. The van der Waals surface area contributed by atoms with E-state index >= 15 is 0 Å². The molecule has 0 radical (unpaired) electrons. The van der Waals surface area contributed by atoms with Crippen LogP contribution in [0.3, 0.4) is 0 Å². The number of nitrogens with one attached hydrogen (secondary N) is 1. The molecule has 2 heterocycles. The maximum Gasteiger partial charge on any atom is 0.355 e. The van der Waals surface area contributed by atoms with E-state index in [2.05, 4.69) is 25.7 Å². The third kappa shape index (κ3) is 1.16. The largest absolute Gasteiger partial charge is 0.464 e. The van der Waals surface area contributed by atoms with Crippen LogP contribution >= 0.6 is 15.9 Å². The number of hydrogen-bond donors (Lipinski definition) is 1. The standard InChI is InChI=1S/C8H6BrNO3/c1-12-8(11)6-5(9)7-4(10-6)2-3-13-7/h2-3,10H,1H3. The highest BCUT2D eigenvalue weighted by molar-refractivity contribution is 9.10. The lowest BCUT2D eigenvalue weighted by Gasteiger charge is -1.94. The summed E-state index contributed by atoms with van der Waals surface area (Å²) >= 11 is 3.25. The number of halogens is 1. The summed E-state index contributed by atoms with van der Waals surface area (Å²) in [6.45, 7) is 0. The minimum absolute atomic E-state index is 0.372. The number of rotatable bonds is 1. The smallest absolute Gasteiger partial charge is 0.355 e. The number of H-pyrrole nitrogens is 1. The molecule has 2 rings (SSSR count). The lowest BCUT2D eigenvalue weighted by Crippen LogP contribution is -2.01. The summed E-state index contributed by atoms with van der Waals surface area (Å²) in [5.74, 6) is -0.418. The molecule has 0 atom stereocenters. The summed E-state index contributed by atoms with van der Waals surface area (Å²) in [4.78, 5) is 14.1. The van der Waals surface area contributed by atoms with E-state index in [9.17, 15) is 4.79 Å². The first-order valence-electron chi connectivity index (χ1n) is 3.57. The molecule has 2 aromatic rings. The van der Waals surface area contributed by atoms with Gasteiger partial charge in [-0.3, -0.25) is 0 Å². The molecule has 0 unspecified atom stereocenters. The van der Waals surface area contributed by atoms with E-state index in [0.29, 0.717) is 15.7 Å². The Bertz CT molecular complexity index is 457. The SMILES string of the molecule is COC(=O)c1[nH]c2ccoc2c1Br. The summed E-state index contributed by atoms with van der Waals surface area (Å²) in [5, 5.41) is 0. The van der Waals surface area contributed by atoms with Crippen molar-refractivity contribution in [1.82, 2.24) is 4.98 Å². The van der Waals surface area contributed by atoms with Crippen molar-refractivity contribution in [3.63, 3.8) is 0 Å². The van der Waals surface area contributed by atoms with Crippen LogP contribution in [0.1, 0.15) is 10.5 Å². The maximum absolute atomic E-state index is 11.2. The van der Waals surface area contributed by atoms with Gasteiger partial charge in [0.1, 0.15) is 5.69 Å². The van der Waals surface area contributed by atoms with Gasteiger partial charge >= 0.3 is 5.97 Å². The van der Waals surface area contributed by atoms with Crippen molar-refractivity contribution in [2.24, 2.45) is 0 Å². The molecule has 0 saturated heterocycles. The second-order valence-corrected chi connectivity index (χ2v) is 3.26. The summed E-state index contributed by atoms with van der Waals surface area (Å²) < 4.78 is 10.3. The highest BCUT2D eigenvalue weighted by Crippen LogP contribution is 2.28. The highest BCUT2D eigenvalue weighted by Gasteiger charge is 2.17. The first-order chi connectivity index (χ1) is 6.24. The van der Waals surface area contributed by atoms with Crippen LogP contribution in [0.2, 0.25) is 0 Å². The molecule has 0 bridgehead atoms. The number of methoxy groups -OCH3 is 1. The van der Waals surface area contributed by atoms with Gasteiger partial charge in [0.05, 0.1) is 23.4 Å². The van der Waals surface area contributed by atoms with Crippen LogP contribution in [0.25, 0.3) is 11.1 Å². The fraction of sp³-hybridized carbons (Fsp3) is 0.125. The minimum Gasteiger partial charge on any atom is -0.464 e. The van der Waals surface area contributed by atoms with E-state index in [1.165, 1.54) is 7.11 Å². The molecule has 0 aromatic carbocycles. The topological polar surface area (TPSA) is 55.2 Å². The quantitative estimate of drug-likeness (QED) is 0.783. The second kappa shape index (κ2) is 2.92. The first-order valence-corrected chi connectivity index (χ1v) is 4.36. The molecule has 0 aliphatic heterocycles. The Balaban J connectivity index is 2.64. The average molecular weight is 244 g/mol. The van der Waals surface area contributed by atoms with Crippen LogP contribution in [0.5, 0.6) is 0 Å². The van der Waals surface area contributed by atoms with Gasteiger partial charge in [0.15, 0.2) is 5.58 Å². The summed E-state index contributed by atoms with van der Waals surface area (Å²) in [7, 11) is 1.33. The predicted molar refractivity (Wildman–Crippen MR) is 49.6 cm³/mol. The van der Waals surface area contributed by atoms with Crippen molar-refractivity contribution in [3.8, 4) is 0 Å². The fourth-order valence-corrected chi connectivity index (χ4v) is 1.69. The zero-order valence-corrected chi connectivity index (χ0v) is 8.34. The van der Waals surface area contributed by atoms with Crippen LogP contribution in [0.15, 0.2) is 21.2 Å². The van der Waals surface area contributed by atoms with Crippen LogP contribution in [0, 0.1) is 0 Å². The molecule has 0 amide bonds. The van der Waals surface area contributed by atoms with Crippen molar-refractivity contribution >= 4 is 33.0 Å². The van der Waals surface area contributed by atoms with Gasteiger partial charge in [-0.05, 0) is 15.9 Å². The van der Waals surface area contributed by atoms with Crippen LogP contribution < -0.4 is 0 Å². The lowest BCUT2D eigenvalue weighted by atomic mass is 10.4. The fourth-order valence-electron chi connectivity index (χ4n) is 1.12. The van der Waals surface area contributed by atoms with Gasteiger partial charge in [0, 0.05) is 6.07 Å². The van der Waals surface area contributed by atoms with E-state index in [-0.39, 0.29) is 0 Å². The Hall–Kier alpha value is -1.23. The third-order valence-corrected chi connectivity index (χ3v) is 2.49. The third-order valence-electron chi connectivity index (χ3n) is 1.73. The number of esters is 1. The van der Waals surface area contributed by atoms with E-state index in [0.717, 1.165) is 5.52 Å². The van der Waals surface area contributed by atoms with E-state index < -0.39 is 5.97 Å². The molecule has 13 heavy (non-hydrogen) atoms. The molecule has 1 N–H and O–H groups in total. The molecule has 0 spiro atoms. The number of aromatic amines is 1. The predicted octanol–water partition coefficient (Wildman–Crippen LogP) is 2.31. The van der Waals surface area contributed by atoms with E-state index in [1.54, 1.807) is 12.3 Å². The molecular formula is C8H6BrNO3. The van der Waals surface area contributed by atoms with Gasteiger partial charge in [0.25, 0.3) is 0 Å². The first kappa shape index (κ1) is 8.37. The van der Waals surface area contributed by atoms with Crippen molar-refractivity contribution in [2.45, 2.75) is 0 Å². The molecular weight excluding hydrogens is 238 g/mol. The molecule has 5 heteroatoms. The van der Waals surface area contributed by atoms with E-state index in [4.69, 9.17) is 4.42 Å². The Labute approximate surface area is 82.0 Å². The Morgan fingerprint density at radius 2 is 2.46 bits per heavy atom. The van der Waals surface area contributed by atoms with Gasteiger partial charge in [-0.25, -0.2) is 4.79 Å². The van der Waals surface area contributed by atoms with Crippen LogP contribution in [-0.4, -0.2) is 18.1 Å². The number of ether oxygens (including phenoxy) is 1. The number of aromatic nitrogens is 1. The monoisotopic (exact) mass is 243 g/mol. The summed E-state index contributed by atoms with van der Waals surface area (Å²) in [6, 6.07) is 1.74. The Kier molecular flexibility index (Phi) is 1.88. The molecule has 68 valence electrons. The normalized spacial score (nSPS) is 10.6. The van der Waals surface area contributed by atoms with Gasteiger partial charge in [-0.15, -0.1) is 0 Å². The van der Waals surface area contributed by atoms with Crippen LogP contribution in [0.4, 0.5) is 0 Å². The molecule has 0 saturated carbocycles. The van der Waals surface area contributed by atoms with Gasteiger partial charge in [0.2, 0.25) is 0 Å². The van der Waals surface area contributed by atoms with Gasteiger partial charge in [-0.2, -0.15) is 0 Å². The number of fused-ring (bicyclic) bond motifs is 1. The number of furan rings is 1. The molecule has 0 fully saturated rings. The second-order valence-electron chi connectivity index (χ2n) is 2.47. The van der Waals surface area contributed by atoms with Crippen molar-refractivity contribution < 1.29 is 13.9 Å². The number of carbonyl (C=O) groups is 1. The minimum atomic E-state index is -0.418. The summed E-state index contributed by atoms with van der Waals surface area (Å²) in [5.41, 5.74) is 1.77. The average Bonchev–Trinajstić information content (AvgIpc) is 2.68. The summed E-state index contributed by atoms with van der Waals surface area (Å²) in [6.07, 6.45) is 1.55. The zero-order chi connectivity index (χ0) is 9.42. The van der Waals surface area contributed by atoms with E-state index in [1.807, 2.05) is 0 Å². The van der Waals surface area contributed by atoms with Crippen LogP contribution in [-0.2, 0) is 4.74 Å². The van der Waals surface area contributed by atoms with Gasteiger partial charge < -0.3 is 14.1 Å². The molecule has 4 nitrogen and oxygen atoms in total. The molecule has 0 aliphatic carbocycles. The van der Waals surface area contributed by atoms with Crippen molar-refractivity contribution in [2.75, 3.05) is 7.11 Å².